The monoisotopic (exact) mass is 280 g/mol. The zero-order valence-corrected chi connectivity index (χ0v) is 12.7. The molecule has 0 heterocycles. The van der Waals surface area contributed by atoms with Crippen molar-refractivity contribution in [2.24, 2.45) is 0 Å². The molecule has 1 aromatic rings. The molecule has 0 aliphatic heterocycles. The van der Waals surface area contributed by atoms with E-state index >= 15 is 0 Å². The van der Waals surface area contributed by atoms with Crippen LogP contribution in [0.25, 0.3) is 0 Å². The Morgan fingerprint density at radius 2 is 1.80 bits per heavy atom. The highest BCUT2D eigenvalue weighted by Crippen LogP contribution is 2.15. The molecule has 0 aromatic heterocycles. The van der Waals surface area contributed by atoms with Crippen LogP contribution in [0.5, 0.6) is 5.75 Å². The standard InChI is InChI=1S/C15H24N2O3/c1-15(2,3)17-10-9-16-12-5-7-13(8-6-12)20-11-14(18)19-4/h5-8,16-17H,9-11H2,1-4H3. The van der Waals surface area contributed by atoms with Crippen LogP contribution in [0.3, 0.4) is 0 Å². The van der Waals surface area contributed by atoms with Crippen LogP contribution in [0.15, 0.2) is 24.3 Å². The van der Waals surface area contributed by atoms with Crippen molar-refractivity contribution < 1.29 is 14.3 Å². The fourth-order valence-electron chi connectivity index (χ4n) is 1.51. The fraction of sp³-hybridized carbons (Fsp3) is 0.533. The second-order valence-corrected chi connectivity index (χ2v) is 5.49. The molecule has 0 bridgehead atoms. The molecule has 0 radical (unpaired) electrons. The summed E-state index contributed by atoms with van der Waals surface area (Å²) in [7, 11) is 1.34. The molecule has 1 rings (SSSR count). The lowest BCUT2D eigenvalue weighted by Crippen LogP contribution is -2.38. The van der Waals surface area contributed by atoms with Crippen LogP contribution in [0, 0.1) is 0 Å². The van der Waals surface area contributed by atoms with E-state index in [1.54, 1.807) is 0 Å². The molecule has 0 aliphatic rings. The number of carbonyl (C=O) groups excluding carboxylic acids is 1. The highest BCUT2D eigenvalue weighted by atomic mass is 16.6. The van der Waals surface area contributed by atoms with Crippen LogP contribution in [0.2, 0.25) is 0 Å². The third-order valence-electron chi connectivity index (χ3n) is 2.55. The zero-order chi connectivity index (χ0) is 15.0. The van der Waals surface area contributed by atoms with Crippen molar-refractivity contribution in [2.45, 2.75) is 26.3 Å². The van der Waals surface area contributed by atoms with Crippen molar-refractivity contribution in [3.05, 3.63) is 24.3 Å². The second kappa shape index (κ2) is 7.75. The predicted molar refractivity (Wildman–Crippen MR) is 80.2 cm³/mol. The molecule has 1 aromatic carbocycles. The molecule has 2 N–H and O–H groups in total. The third kappa shape index (κ3) is 6.99. The normalized spacial score (nSPS) is 11.0. The Kier molecular flexibility index (Phi) is 6.31. The number of benzene rings is 1. The average Bonchev–Trinajstić information content (AvgIpc) is 2.41. The van der Waals surface area contributed by atoms with Crippen molar-refractivity contribution in [2.75, 3.05) is 32.1 Å². The van der Waals surface area contributed by atoms with Gasteiger partial charge in [0.15, 0.2) is 6.61 Å². The maximum absolute atomic E-state index is 10.9. The summed E-state index contributed by atoms with van der Waals surface area (Å²) < 4.78 is 9.77. The number of nitrogens with one attached hydrogen (secondary N) is 2. The molecular formula is C15H24N2O3. The summed E-state index contributed by atoms with van der Waals surface area (Å²) in [4.78, 5) is 10.9. The fourth-order valence-corrected chi connectivity index (χ4v) is 1.51. The zero-order valence-electron chi connectivity index (χ0n) is 12.7. The van der Waals surface area contributed by atoms with E-state index in [0.717, 1.165) is 18.8 Å². The van der Waals surface area contributed by atoms with Crippen LogP contribution >= 0.6 is 0 Å². The predicted octanol–water partition coefficient (Wildman–Crippen LogP) is 2.04. The lowest BCUT2D eigenvalue weighted by atomic mass is 10.1. The van der Waals surface area contributed by atoms with Gasteiger partial charge in [-0.25, -0.2) is 4.79 Å². The minimum Gasteiger partial charge on any atom is -0.482 e. The maximum atomic E-state index is 10.9. The van der Waals surface area contributed by atoms with Gasteiger partial charge in [0.25, 0.3) is 0 Å². The Bertz CT molecular complexity index is 410. The van der Waals surface area contributed by atoms with Gasteiger partial charge in [0.2, 0.25) is 0 Å². The molecular weight excluding hydrogens is 256 g/mol. The molecule has 5 heteroatoms. The van der Waals surface area contributed by atoms with Crippen LogP contribution < -0.4 is 15.4 Å². The van der Waals surface area contributed by atoms with Gasteiger partial charge in [0.05, 0.1) is 7.11 Å². The second-order valence-electron chi connectivity index (χ2n) is 5.49. The summed E-state index contributed by atoms with van der Waals surface area (Å²) >= 11 is 0. The molecule has 0 fully saturated rings. The number of anilines is 1. The van der Waals surface area contributed by atoms with Gasteiger partial charge in [-0.1, -0.05) is 0 Å². The SMILES string of the molecule is COC(=O)COc1ccc(NCCNC(C)(C)C)cc1. The largest absolute Gasteiger partial charge is 0.482 e. The molecule has 112 valence electrons. The van der Waals surface area contributed by atoms with Gasteiger partial charge in [-0.3, -0.25) is 0 Å². The van der Waals surface area contributed by atoms with Crippen LogP contribution in [-0.2, 0) is 9.53 Å². The van der Waals surface area contributed by atoms with E-state index in [4.69, 9.17) is 4.74 Å². The molecule has 0 amide bonds. The molecule has 0 atom stereocenters. The summed E-state index contributed by atoms with van der Waals surface area (Å²) in [6, 6.07) is 7.48. The summed E-state index contributed by atoms with van der Waals surface area (Å²) in [5.41, 5.74) is 1.15. The Hall–Kier alpha value is -1.75. The number of esters is 1. The first-order chi connectivity index (χ1) is 9.40. The van der Waals surface area contributed by atoms with E-state index in [1.807, 2.05) is 24.3 Å². The van der Waals surface area contributed by atoms with Gasteiger partial charge in [0.1, 0.15) is 5.75 Å². The van der Waals surface area contributed by atoms with Gasteiger partial charge in [-0.15, -0.1) is 0 Å². The average molecular weight is 280 g/mol. The van der Waals surface area contributed by atoms with Gasteiger partial charge in [-0.05, 0) is 45.0 Å². The quantitative estimate of drug-likeness (QED) is 0.591. The van der Waals surface area contributed by atoms with Crippen molar-refractivity contribution in [1.29, 1.82) is 0 Å². The van der Waals surface area contributed by atoms with E-state index in [9.17, 15) is 4.79 Å². The van der Waals surface area contributed by atoms with Crippen molar-refractivity contribution in [1.82, 2.24) is 5.32 Å². The lowest BCUT2D eigenvalue weighted by Gasteiger charge is -2.20. The first kappa shape index (κ1) is 16.3. The molecule has 0 saturated heterocycles. The first-order valence-electron chi connectivity index (χ1n) is 6.69. The van der Waals surface area contributed by atoms with Crippen molar-refractivity contribution in [3.8, 4) is 5.75 Å². The van der Waals surface area contributed by atoms with Crippen LogP contribution in [-0.4, -0.2) is 38.3 Å². The van der Waals surface area contributed by atoms with Crippen LogP contribution in [0.4, 0.5) is 5.69 Å². The van der Waals surface area contributed by atoms with Crippen molar-refractivity contribution >= 4 is 11.7 Å². The number of hydrogen-bond acceptors (Lipinski definition) is 5. The molecule has 20 heavy (non-hydrogen) atoms. The van der Waals surface area contributed by atoms with Gasteiger partial charge in [-0.2, -0.15) is 0 Å². The first-order valence-corrected chi connectivity index (χ1v) is 6.69. The van der Waals surface area contributed by atoms with Crippen molar-refractivity contribution in [3.63, 3.8) is 0 Å². The molecule has 5 nitrogen and oxygen atoms in total. The van der Waals surface area contributed by atoms with E-state index in [2.05, 4.69) is 36.1 Å². The maximum Gasteiger partial charge on any atom is 0.343 e. The van der Waals surface area contributed by atoms with E-state index in [1.165, 1.54) is 7.11 Å². The number of ether oxygens (including phenoxy) is 2. The molecule has 0 unspecified atom stereocenters. The van der Waals surface area contributed by atoms with Crippen LogP contribution in [0.1, 0.15) is 20.8 Å². The highest BCUT2D eigenvalue weighted by Gasteiger charge is 2.07. The smallest absolute Gasteiger partial charge is 0.343 e. The Balaban J connectivity index is 2.30. The summed E-state index contributed by atoms with van der Waals surface area (Å²) in [6.45, 7) is 8.09. The topological polar surface area (TPSA) is 59.6 Å². The third-order valence-corrected chi connectivity index (χ3v) is 2.55. The number of methoxy groups -OCH3 is 1. The Morgan fingerprint density at radius 1 is 1.15 bits per heavy atom. The Labute approximate surface area is 120 Å². The lowest BCUT2D eigenvalue weighted by molar-refractivity contribution is -0.142. The minimum absolute atomic E-state index is 0.0707. The number of rotatable bonds is 7. The van der Waals surface area contributed by atoms with Gasteiger partial charge < -0.3 is 20.1 Å². The minimum atomic E-state index is -0.388. The van der Waals surface area contributed by atoms with E-state index < -0.39 is 0 Å². The summed E-state index contributed by atoms with van der Waals surface area (Å²) in [5.74, 6) is 0.259. The summed E-state index contributed by atoms with van der Waals surface area (Å²) in [6.07, 6.45) is 0. The molecule has 0 saturated carbocycles. The highest BCUT2D eigenvalue weighted by molar-refractivity contribution is 5.70. The Morgan fingerprint density at radius 3 is 2.35 bits per heavy atom. The summed E-state index contributed by atoms with van der Waals surface area (Å²) in [5, 5.41) is 6.71. The molecule has 0 aliphatic carbocycles. The van der Waals surface area contributed by atoms with Gasteiger partial charge in [0, 0.05) is 24.3 Å². The van der Waals surface area contributed by atoms with E-state index in [-0.39, 0.29) is 18.1 Å². The number of carbonyl (C=O) groups is 1. The molecule has 0 spiro atoms. The van der Waals surface area contributed by atoms with E-state index in [0.29, 0.717) is 5.75 Å². The number of hydrogen-bond donors (Lipinski definition) is 2. The van der Waals surface area contributed by atoms with Gasteiger partial charge >= 0.3 is 5.97 Å².